The van der Waals surface area contributed by atoms with Gasteiger partial charge in [0.1, 0.15) is 5.54 Å². The summed E-state index contributed by atoms with van der Waals surface area (Å²) in [7, 11) is 0. The van der Waals surface area contributed by atoms with Crippen molar-refractivity contribution in [2.45, 2.75) is 25.8 Å². The number of hydrogen-bond donors (Lipinski definition) is 1. The van der Waals surface area contributed by atoms with E-state index in [9.17, 15) is 0 Å². The third-order valence-corrected chi connectivity index (χ3v) is 3.24. The SMILES string of the molecule is Cc1cc(-c2noc(C3(N)CCOC3)n2)cc(C)n1. The van der Waals surface area contributed by atoms with Crippen LogP contribution in [-0.2, 0) is 10.3 Å². The van der Waals surface area contributed by atoms with Crippen molar-refractivity contribution in [2.24, 2.45) is 5.73 Å². The van der Waals surface area contributed by atoms with Crippen LogP contribution in [0.2, 0.25) is 0 Å². The average molecular weight is 260 g/mol. The molecule has 0 bridgehead atoms. The molecule has 6 heteroatoms. The fourth-order valence-corrected chi connectivity index (χ4v) is 2.26. The fourth-order valence-electron chi connectivity index (χ4n) is 2.26. The number of nitrogens with zero attached hydrogens (tertiary/aromatic N) is 3. The molecule has 1 unspecified atom stereocenters. The molecule has 0 saturated carbocycles. The molecule has 1 atom stereocenters. The van der Waals surface area contributed by atoms with Gasteiger partial charge in [0.15, 0.2) is 0 Å². The molecule has 1 aliphatic rings. The molecule has 3 heterocycles. The number of aromatic nitrogens is 3. The maximum Gasteiger partial charge on any atom is 0.249 e. The summed E-state index contributed by atoms with van der Waals surface area (Å²) in [6.45, 7) is 4.92. The second kappa shape index (κ2) is 4.40. The van der Waals surface area contributed by atoms with Gasteiger partial charge in [-0.3, -0.25) is 4.98 Å². The van der Waals surface area contributed by atoms with Gasteiger partial charge in [0.2, 0.25) is 11.7 Å². The molecule has 1 fully saturated rings. The van der Waals surface area contributed by atoms with E-state index >= 15 is 0 Å². The summed E-state index contributed by atoms with van der Waals surface area (Å²) in [6, 6.07) is 3.85. The minimum atomic E-state index is -0.650. The van der Waals surface area contributed by atoms with E-state index in [4.69, 9.17) is 15.0 Å². The van der Waals surface area contributed by atoms with E-state index in [1.165, 1.54) is 0 Å². The molecule has 6 nitrogen and oxygen atoms in total. The number of hydrogen-bond acceptors (Lipinski definition) is 6. The molecule has 3 rings (SSSR count). The van der Waals surface area contributed by atoms with Gasteiger partial charge < -0.3 is 15.0 Å². The van der Waals surface area contributed by atoms with Gasteiger partial charge >= 0.3 is 0 Å². The van der Waals surface area contributed by atoms with E-state index in [1.807, 2.05) is 26.0 Å². The highest BCUT2D eigenvalue weighted by atomic mass is 16.5. The second-order valence-corrected chi connectivity index (χ2v) is 5.02. The van der Waals surface area contributed by atoms with Crippen molar-refractivity contribution in [3.8, 4) is 11.4 Å². The van der Waals surface area contributed by atoms with Gasteiger partial charge in [0, 0.05) is 23.6 Å². The maximum absolute atomic E-state index is 6.20. The Morgan fingerprint density at radius 2 is 1.95 bits per heavy atom. The summed E-state index contributed by atoms with van der Waals surface area (Å²) in [5.74, 6) is 0.979. The van der Waals surface area contributed by atoms with Crippen molar-refractivity contribution >= 4 is 0 Å². The van der Waals surface area contributed by atoms with Crippen LogP contribution in [0.5, 0.6) is 0 Å². The topological polar surface area (TPSA) is 87.1 Å². The number of ether oxygens (including phenoxy) is 1. The van der Waals surface area contributed by atoms with Gasteiger partial charge in [-0.1, -0.05) is 5.16 Å². The first-order valence-corrected chi connectivity index (χ1v) is 6.23. The summed E-state index contributed by atoms with van der Waals surface area (Å²) < 4.78 is 10.6. The Hall–Kier alpha value is -1.79. The molecule has 0 aliphatic carbocycles. The lowest BCUT2D eigenvalue weighted by atomic mass is 10.0. The van der Waals surface area contributed by atoms with Gasteiger partial charge in [0.05, 0.1) is 6.61 Å². The zero-order chi connectivity index (χ0) is 13.5. The molecule has 1 aliphatic heterocycles. The maximum atomic E-state index is 6.20. The molecule has 1 saturated heterocycles. The molecular formula is C13H16N4O2. The van der Waals surface area contributed by atoms with Crippen LogP contribution >= 0.6 is 0 Å². The van der Waals surface area contributed by atoms with E-state index in [-0.39, 0.29) is 0 Å². The molecule has 2 aromatic heterocycles. The van der Waals surface area contributed by atoms with Gasteiger partial charge in [-0.05, 0) is 32.4 Å². The largest absolute Gasteiger partial charge is 0.379 e. The van der Waals surface area contributed by atoms with Crippen LogP contribution in [0, 0.1) is 13.8 Å². The molecule has 19 heavy (non-hydrogen) atoms. The normalized spacial score (nSPS) is 22.9. The highest BCUT2D eigenvalue weighted by Crippen LogP contribution is 2.28. The third kappa shape index (κ3) is 2.24. The number of rotatable bonds is 2. The van der Waals surface area contributed by atoms with Crippen molar-refractivity contribution in [3.63, 3.8) is 0 Å². The Balaban J connectivity index is 1.96. The van der Waals surface area contributed by atoms with Gasteiger partial charge in [-0.15, -0.1) is 0 Å². The van der Waals surface area contributed by atoms with Gasteiger partial charge in [-0.2, -0.15) is 4.98 Å². The summed E-state index contributed by atoms with van der Waals surface area (Å²) in [5.41, 5.74) is 8.29. The van der Waals surface area contributed by atoms with Crippen LogP contribution in [-0.4, -0.2) is 28.3 Å². The van der Waals surface area contributed by atoms with Crippen molar-refractivity contribution in [2.75, 3.05) is 13.2 Å². The molecule has 0 spiro atoms. The predicted molar refractivity (Wildman–Crippen MR) is 68.3 cm³/mol. The number of pyridine rings is 1. The van der Waals surface area contributed by atoms with E-state index < -0.39 is 5.54 Å². The highest BCUT2D eigenvalue weighted by Gasteiger charge is 2.38. The molecule has 2 N–H and O–H groups in total. The van der Waals surface area contributed by atoms with Crippen molar-refractivity contribution in [1.82, 2.24) is 15.1 Å². The first-order chi connectivity index (χ1) is 9.07. The van der Waals surface area contributed by atoms with Crippen LogP contribution in [0.4, 0.5) is 0 Å². The Morgan fingerprint density at radius 3 is 2.58 bits per heavy atom. The first-order valence-electron chi connectivity index (χ1n) is 6.23. The Bertz CT molecular complexity index is 582. The summed E-state index contributed by atoms with van der Waals surface area (Å²) in [5, 5.41) is 4.01. The third-order valence-electron chi connectivity index (χ3n) is 3.24. The average Bonchev–Trinajstić information content (AvgIpc) is 2.96. The van der Waals surface area contributed by atoms with Crippen molar-refractivity contribution in [1.29, 1.82) is 0 Å². The van der Waals surface area contributed by atoms with Crippen molar-refractivity contribution in [3.05, 3.63) is 29.4 Å². The van der Waals surface area contributed by atoms with Crippen LogP contribution in [0.15, 0.2) is 16.7 Å². The lowest BCUT2D eigenvalue weighted by Gasteiger charge is -2.14. The molecule has 0 aromatic carbocycles. The predicted octanol–water partition coefficient (Wildman–Crippen LogP) is 1.32. The summed E-state index contributed by atoms with van der Waals surface area (Å²) in [6.07, 6.45) is 0.697. The van der Waals surface area contributed by atoms with Gasteiger partial charge in [0.25, 0.3) is 0 Å². The van der Waals surface area contributed by atoms with Crippen LogP contribution in [0.1, 0.15) is 23.7 Å². The standard InChI is InChI=1S/C13H16N4O2/c1-8-5-10(6-9(2)15-8)11-16-12(19-17-11)13(14)3-4-18-7-13/h5-6H,3-4,7,14H2,1-2H3. The first kappa shape index (κ1) is 12.3. The lowest BCUT2D eigenvalue weighted by Crippen LogP contribution is -2.37. The Kier molecular flexibility index (Phi) is 2.83. The van der Waals surface area contributed by atoms with Crippen LogP contribution in [0.3, 0.4) is 0 Å². The van der Waals surface area contributed by atoms with E-state index in [0.29, 0.717) is 31.3 Å². The number of aryl methyl sites for hydroxylation is 2. The smallest absolute Gasteiger partial charge is 0.249 e. The zero-order valence-electron chi connectivity index (χ0n) is 11.0. The Morgan fingerprint density at radius 1 is 1.21 bits per heavy atom. The summed E-state index contributed by atoms with van der Waals surface area (Å²) >= 11 is 0. The summed E-state index contributed by atoms with van der Waals surface area (Å²) in [4.78, 5) is 8.73. The Labute approximate surface area is 111 Å². The second-order valence-electron chi connectivity index (χ2n) is 5.02. The zero-order valence-corrected chi connectivity index (χ0v) is 11.0. The van der Waals surface area contributed by atoms with E-state index in [2.05, 4.69) is 15.1 Å². The minimum absolute atomic E-state index is 0.420. The van der Waals surface area contributed by atoms with E-state index in [1.54, 1.807) is 0 Å². The van der Waals surface area contributed by atoms with E-state index in [0.717, 1.165) is 17.0 Å². The minimum Gasteiger partial charge on any atom is -0.379 e. The van der Waals surface area contributed by atoms with Crippen molar-refractivity contribution < 1.29 is 9.26 Å². The highest BCUT2D eigenvalue weighted by molar-refractivity contribution is 5.55. The molecule has 2 aromatic rings. The molecule has 0 radical (unpaired) electrons. The molecule has 0 amide bonds. The quantitative estimate of drug-likeness (QED) is 0.876. The fraction of sp³-hybridized carbons (Fsp3) is 0.462. The van der Waals surface area contributed by atoms with Crippen LogP contribution in [0.25, 0.3) is 11.4 Å². The van der Waals surface area contributed by atoms with Crippen LogP contribution < -0.4 is 5.73 Å². The number of nitrogens with two attached hydrogens (primary N) is 1. The molecule has 100 valence electrons. The molecular weight excluding hydrogens is 244 g/mol. The lowest BCUT2D eigenvalue weighted by molar-refractivity contribution is 0.166. The monoisotopic (exact) mass is 260 g/mol. The van der Waals surface area contributed by atoms with Gasteiger partial charge in [-0.25, -0.2) is 0 Å².